The van der Waals surface area contributed by atoms with Gasteiger partial charge in [-0.2, -0.15) is 0 Å². The second-order valence-electron chi connectivity index (χ2n) is 6.13. The fourth-order valence-corrected chi connectivity index (χ4v) is 2.48. The van der Waals surface area contributed by atoms with Crippen molar-refractivity contribution < 1.29 is 9.18 Å². The topological polar surface area (TPSA) is 79.5 Å². The summed E-state index contributed by atoms with van der Waals surface area (Å²) in [7, 11) is 0. The lowest BCUT2D eigenvalue weighted by molar-refractivity contribution is 0.1000. The van der Waals surface area contributed by atoms with E-state index in [1.165, 1.54) is 6.07 Å². The molecule has 4 N–H and O–H groups in total. The molecule has 0 fully saturated rings. The molecule has 2 rings (SSSR count). The van der Waals surface area contributed by atoms with Crippen molar-refractivity contribution in [2.45, 2.75) is 33.4 Å². The molecule has 2 aromatic rings. The zero-order valence-electron chi connectivity index (χ0n) is 15.3. The Balaban J connectivity index is 2.11. The standard InChI is InChI=1S/C20H25FN4O/c1-4-23-20(24-12-15-6-5-7-17(10-15)19(22)26)25-14(3)16-9-8-13(2)18(21)11-16/h5-11,14H,4,12H2,1-3H3,(H2,22,26)(H2,23,24,25). The van der Waals surface area contributed by atoms with Crippen LogP contribution in [0, 0.1) is 12.7 Å². The molecule has 0 saturated heterocycles. The van der Waals surface area contributed by atoms with Gasteiger partial charge in [-0.25, -0.2) is 9.38 Å². The van der Waals surface area contributed by atoms with Crippen LogP contribution in [0.4, 0.5) is 4.39 Å². The second kappa shape index (κ2) is 8.99. The van der Waals surface area contributed by atoms with Crippen molar-refractivity contribution in [2.75, 3.05) is 6.54 Å². The van der Waals surface area contributed by atoms with E-state index >= 15 is 0 Å². The molecular weight excluding hydrogens is 331 g/mol. The van der Waals surface area contributed by atoms with Gasteiger partial charge in [-0.05, 0) is 55.7 Å². The Morgan fingerprint density at radius 1 is 1.27 bits per heavy atom. The molecule has 0 heterocycles. The van der Waals surface area contributed by atoms with Crippen LogP contribution in [0.3, 0.4) is 0 Å². The first-order chi connectivity index (χ1) is 12.4. The number of hydrogen-bond donors (Lipinski definition) is 3. The summed E-state index contributed by atoms with van der Waals surface area (Å²) in [5, 5.41) is 6.44. The van der Waals surface area contributed by atoms with Gasteiger partial charge >= 0.3 is 0 Å². The maximum absolute atomic E-state index is 13.8. The van der Waals surface area contributed by atoms with E-state index in [4.69, 9.17) is 5.73 Å². The number of carbonyl (C=O) groups excluding carboxylic acids is 1. The van der Waals surface area contributed by atoms with Gasteiger partial charge in [0.15, 0.2) is 5.96 Å². The van der Waals surface area contributed by atoms with Crippen LogP contribution in [0.15, 0.2) is 47.5 Å². The minimum absolute atomic E-state index is 0.111. The first-order valence-electron chi connectivity index (χ1n) is 8.60. The number of amides is 1. The number of primary amides is 1. The Morgan fingerprint density at radius 3 is 2.69 bits per heavy atom. The van der Waals surface area contributed by atoms with Crippen molar-refractivity contribution in [1.82, 2.24) is 10.6 Å². The summed E-state index contributed by atoms with van der Waals surface area (Å²) in [6, 6.07) is 12.2. The third kappa shape index (κ3) is 5.31. The predicted molar refractivity (Wildman–Crippen MR) is 102 cm³/mol. The predicted octanol–water partition coefficient (Wildman–Crippen LogP) is 3.05. The van der Waals surface area contributed by atoms with E-state index in [2.05, 4.69) is 15.6 Å². The lowest BCUT2D eigenvalue weighted by Crippen LogP contribution is -2.38. The highest BCUT2D eigenvalue weighted by Gasteiger charge is 2.10. The molecule has 1 atom stereocenters. The van der Waals surface area contributed by atoms with Crippen LogP contribution in [0.2, 0.25) is 0 Å². The normalized spacial score (nSPS) is 12.5. The fourth-order valence-electron chi connectivity index (χ4n) is 2.48. The molecule has 1 unspecified atom stereocenters. The van der Waals surface area contributed by atoms with Crippen LogP contribution in [-0.2, 0) is 6.54 Å². The summed E-state index contributed by atoms with van der Waals surface area (Å²) in [6.45, 7) is 6.75. The third-order valence-electron chi connectivity index (χ3n) is 4.02. The average molecular weight is 356 g/mol. The van der Waals surface area contributed by atoms with Gasteiger partial charge < -0.3 is 16.4 Å². The van der Waals surface area contributed by atoms with Gasteiger partial charge in [0.25, 0.3) is 0 Å². The summed E-state index contributed by atoms with van der Waals surface area (Å²) in [4.78, 5) is 15.8. The minimum atomic E-state index is -0.462. The zero-order chi connectivity index (χ0) is 19.1. The van der Waals surface area contributed by atoms with Crippen LogP contribution in [0.5, 0.6) is 0 Å². The lowest BCUT2D eigenvalue weighted by atomic mass is 10.1. The Morgan fingerprint density at radius 2 is 2.04 bits per heavy atom. The maximum Gasteiger partial charge on any atom is 0.248 e. The number of aryl methyl sites for hydroxylation is 1. The minimum Gasteiger partial charge on any atom is -0.366 e. The van der Waals surface area contributed by atoms with Gasteiger partial charge in [-0.15, -0.1) is 0 Å². The monoisotopic (exact) mass is 356 g/mol. The van der Waals surface area contributed by atoms with E-state index in [1.807, 2.05) is 26.0 Å². The number of rotatable bonds is 6. The van der Waals surface area contributed by atoms with Crippen molar-refractivity contribution in [3.05, 3.63) is 70.5 Å². The molecule has 26 heavy (non-hydrogen) atoms. The maximum atomic E-state index is 13.8. The SMILES string of the molecule is CCNC(=NCc1cccc(C(N)=O)c1)NC(C)c1ccc(C)c(F)c1. The van der Waals surface area contributed by atoms with Gasteiger partial charge in [-0.3, -0.25) is 4.79 Å². The third-order valence-corrected chi connectivity index (χ3v) is 4.02. The molecule has 0 spiro atoms. The van der Waals surface area contributed by atoms with Crippen LogP contribution in [-0.4, -0.2) is 18.4 Å². The highest BCUT2D eigenvalue weighted by atomic mass is 19.1. The van der Waals surface area contributed by atoms with Gasteiger partial charge in [0.05, 0.1) is 12.6 Å². The van der Waals surface area contributed by atoms with E-state index in [0.717, 1.165) is 11.1 Å². The zero-order valence-corrected chi connectivity index (χ0v) is 15.3. The number of nitrogens with two attached hydrogens (primary N) is 1. The molecule has 138 valence electrons. The van der Waals surface area contributed by atoms with Crippen LogP contribution in [0.1, 0.15) is 46.9 Å². The molecule has 0 aromatic heterocycles. The number of benzene rings is 2. The number of hydrogen-bond acceptors (Lipinski definition) is 2. The van der Waals surface area contributed by atoms with E-state index < -0.39 is 5.91 Å². The van der Waals surface area contributed by atoms with Crippen molar-refractivity contribution in [1.29, 1.82) is 0 Å². The largest absolute Gasteiger partial charge is 0.366 e. The number of halogens is 1. The summed E-state index contributed by atoms with van der Waals surface area (Å²) >= 11 is 0. The van der Waals surface area contributed by atoms with Crippen LogP contribution in [0.25, 0.3) is 0 Å². The van der Waals surface area contributed by atoms with Crippen molar-refractivity contribution in [3.8, 4) is 0 Å². The number of guanidine groups is 1. The van der Waals surface area contributed by atoms with E-state index in [0.29, 0.717) is 30.2 Å². The molecule has 0 bridgehead atoms. The highest BCUT2D eigenvalue weighted by Crippen LogP contribution is 2.16. The van der Waals surface area contributed by atoms with Gasteiger partial charge in [0.2, 0.25) is 5.91 Å². The van der Waals surface area contributed by atoms with Gasteiger partial charge in [-0.1, -0.05) is 24.3 Å². The van der Waals surface area contributed by atoms with Crippen molar-refractivity contribution >= 4 is 11.9 Å². The number of nitrogens with zero attached hydrogens (tertiary/aromatic N) is 1. The van der Waals surface area contributed by atoms with Gasteiger partial charge in [0, 0.05) is 12.1 Å². The second-order valence-corrected chi connectivity index (χ2v) is 6.13. The Hall–Kier alpha value is -2.89. The Kier molecular flexibility index (Phi) is 6.72. The lowest BCUT2D eigenvalue weighted by Gasteiger charge is -2.18. The Bertz CT molecular complexity index is 804. The molecule has 5 nitrogen and oxygen atoms in total. The first kappa shape index (κ1) is 19.4. The van der Waals surface area contributed by atoms with Crippen LogP contribution >= 0.6 is 0 Å². The summed E-state index contributed by atoms with van der Waals surface area (Å²) in [5.74, 6) is -0.0669. The first-order valence-corrected chi connectivity index (χ1v) is 8.60. The molecule has 2 aromatic carbocycles. The molecule has 6 heteroatoms. The molecule has 0 saturated carbocycles. The molecule has 0 radical (unpaired) electrons. The average Bonchev–Trinajstić information content (AvgIpc) is 2.62. The number of carbonyl (C=O) groups is 1. The smallest absolute Gasteiger partial charge is 0.248 e. The molecule has 1 amide bonds. The molecule has 0 aliphatic rings. The molecule has 0 aliphatic carbocycles. The van der Waals surface area contributed by atoms with E-state index in [1.54, 1.807) is 31.2 Å². The van der Waals surface area contributed by atoms with E-state index in [9.17, 15) is 9.18 Å². The fraction of sp³-hybridized carbons (Fsp3) is 0.300. The van der Waals surface area contributed by atoms with Gasteiger partial charge in [0.1, 0.15) is 5.82 Å². The van der Waals surface area contributed by atoms with Crippen molar-refractivity contribution in [2.24, 2.45) is 10.7 Å². The summed E-state index contributed by atoms with van der Waals surface area (Å²) in [6.07, 6.45) is 0. The molecule has 0 aliphatic heterocycles. The van der Waals surface area contributed by atoms with E-state index in [-0.39, 0.29) is 11.9 Å². The number of aliphatic imine (C=N–C) groups is 1. The highest BCUT2D eigenvalue weighted by molar-refractivity contribution is 5.92. The van der Waals surface area contributed by atoms with Crippen LogP contribution < -0.4 is 16.4 Å². The van der Waals surface area contributed by atoms with Crippen molar-refractivity contribution in [3.63, 3.8) is 0 Å². The number of nitrogens with one attached hydrogen (secondary N) is 2. The molecular formula is C20H25FN4O. The summed E-state index contributed by atoms with van der Waals surface area (Å²) in [5.41, 5.74) is 8.11. The quantitative estimate of drug-likeness (QED) is 0.550. The Labute approximate surface area is 153 Å². The summed E-state index contributed by atoms with van der Waals surface area (Å²) < 4.78 is 13.8.